The third-order valence-electron chi connectivity index (χ3n) is 3.44. The number of amides is 2. The van der Waals surface area contributed by atoms with E-state index in [0.717, 1.165) is 5.69 Å². The van der Waals surface area contributed by atoms with Gasteiger partial charge in [-0.05, 0) is 12.1 Å². The van der Waals surface area contributed by atoms with Crippen LogP contribution in [0.3, 0.4) is 0 Å². The Labute approximate surface area is 154 Å². The zero-order chi connectivity index (χ0) is 15.9. The Morgan fingerprint density at radius 2 is 2.22 bits per heavy atom. The average Bonchev–Trinajstić information content (AvgIpc) is 2.98. The van der Waals surface area contributed by atoms with Crippen LogP contribution < -0.4 is 29.6 Å². The summed E-state index contributed by atoms with van der Waals surface area (Å²) < 4.78 is 37.9. The molecular weight excluding hydrogens is 339 g/mol. The summed E-state index contributed by atoms with van der Waals surface area (Å²) in [5.74, 6) is 0. The van der Waals surface area contributed by atoms with Crippen molar-refractivity contribution in [2.24, 2.45) is 0 Å². The minimum atomic E-state index is -5.02. The van der Waals surface area contributed by atoms with Gasteiger partial charge in [0.15, 0.2) is 0 Å². The van der Waals surface area contributed by atoms with Crippen LogP contribution in [0.2, 0.25) is 0 Å². The fourth-order valence-corrected chi connectivity index (χ4v) is 2.97. The summed E-state index contributed by atoms with van der Waals surface area (Å²) in [6.45, 7) is 0.386. The van der Waals surface area contributed by atoms with Gasteiger partial charge in [0, 0.05) is 31.5 Å². The van der Waals surface area contributed by atoms with E-state index in [2.05, 4.69) is 9.38 Å². The van der Waals surface area contributed by atoms with Gasteiger partial charge < -0.3 is 14.6 Å². The molecule has 23 heavy (non-hydrogen) atoms. The summed E-state index contributed by atoms with van der Waals surface area (Å²) in [7, 11) is -5.02. The molecule has 1 N–H and O–H groups in total. The van der Waals surface area contributed by atoms with E-state index in [1.807, 2.05) is 0 Å². The molecule has 3 heterocycles. The number of hydrogen-bond donors (Lipinski definition) is 1. The molecule has 12 heteroatoms. The Balaban J connectivity index is 0.00000192. The van der Waals surface area contributed by atoms with Crippen LogP contribution in [0.25, 0.3) is 5.70 Å². The molecule has 1 saturated heterocycles. The van der Waals surface area contributed by atoms with Gasteiger partial charge in [0.1, 0.15) is 6.04 Å². The van der Waals surface area contributed by atoms with Crippen LogP contribution in [0.1, 0.15) is 5.69 Å². The van der Waals surface area contributed by atoms with Crippen LogP contribution in [0.15, 0.2) is 18.3 Å². The number of carbonyl (C=O) groups is 1. The molecule has 1 aromatic heterocycles. The second-order valence-corrected chi connectivity index (χ2v) is 5.87. The van der Waals surface area contributed by atoms with Gasteiger partial charge in [-0.3, -0.25) is 0 Å². The largest absolute Gasteiger partial charge is 1.00 e. The van der Waals surface area contributed by atoms with Crippen molar-refractivity contribution in [3.8, 4) is 0 Å². The van der Waals surface area contributed by atoms with Crippen molar-refractivity contribution in [2.45, 2.75) is 12.5 Å². The molecule has 3 rings (SSSR count). The monoisotopic (exact) mass is 352 g/mol. The van der Waals surface area contributed by atoms with Crippen molar-refractivity contribution in [3.05, 3.63) is 24.0 Å². The molecular formula is C11H13N4NaO6S. The summed E-state index contributed by atoms with van der Waals surface area (Å²) in [5.41, 5.74) is 1.40. The zero-order valence-electron chi connectivity index (χ0n) is 12.3. The Morgan fingerprint density at radius 3 is 2.87 bits per heavy atom. The zero-order valence-corrected chi connectivity index (χ0v) is 15.1. The van der Waals surface area contributed by atoms with Crippen molar-refractivity contribution >= 4 is 22.1 Å². The van der Waals surface area contributed by atoms with Crippen LogP contribution >= 0.6 is 0 Å². The summed E-state index contributed by atoms with van der Waals surface area (Å²) in [6.07, 6.45) is 3.58. The number of aliphatic hydroxyl groups is 1. The molecule has 2 bridgehead atoms. The molecule has 0 spiro atoms. The number of hydrogen-bond acceptors (Lipinski definition) is 7. The maximum absolute atomic E-state index is 12.0. The molecule has 1 unspecified atom stereocenters. The summed E-state index contributed by atoms with van der Waals surface area (Å²) in [5, 5.41) is 13.7. The van der Waals surface area contributed by atoms with Gasteiger partial charge in [-0.25, -0.2) is 17.9 Å². The van der Waals surface area contributed by atoms with Crippen LogP contribution in [0.5, 0.6) is 0 Å². The second-order valence-electron chi connectivity index (χ2n) is 4.90. The molecule has 0 aromatic carbocycles. The molecule has 1 fully saturated rings. The topological polar surface area (TPSA) is 128 Å². The predicted octanol–water partition coefficient (Wildman–Crippen LogP) is -4.23. The molecule has 2 aliphatic rings. The minimum absolute atomic E-state index is 0. The van der Waals surface area contributed by atoms with E-state index in [1.165, 1.54) is 4.90 Å². The first-order valence-corrected chi connectivity index (χ1v) is 7.81. The van der Waals surface area contributed by atoms with E-state index in [1.54, 1.807) is 23.0 Å². The third-order valence-corrected chi connectivity index (χ3v) is 3.78. The van der Waals surface area contributed by atoms with Gasteiger partial charge in [0.25, 0.3) is 0 Å². The van der Waals surface area contributed by atoms with Crippen molar-refractivity contribution in [3.63, 3.8) is 0 Å². The van der Waals surface area contributed by atoms with Gasteiger partial charge >= 0.3 is 35.6 Å². The quantitative estimate of drug-likeness (QED) is 0.323. The SMILES string of the molecule is O=C1N2CC(n3nccc3CCO)=CC(C2)N1OS(=O)(=O)[O-].[Na+]. The fraction of sp³-hybridized carbons (Fsp3) is 0.455. The number of hydroxylamine groups is 2. The summed E-state index contributed by atoms with van der Waals surface area (Å²) >= 11 is 0. The molecule has 2 aliphatic heterocycles. The van der Waals surface area contributed by atoms with Gasteiger partial charge in [-0.15, -0.1) is 0 Å². The number of aromatic nitrogens is 2. The molecule has 10 nitrogen and oxygen atoms in total. The Morgan fingerprint density at radius 1 is 1.48 bits per heavy atom. The normalized spacial score (nSPS) is 20.5. The van der Waals surface area contributed by atoms with Crippen molar-refractivity contribution in [1.29, 1.82) is 0 Å². The van der Waals surface area contributed by atoms with Gasteiger partial charge in [-0.1, -0.05) is 0 Å². The van der Waals surface area contributed by atoms with Gasteiger partial charge in [-0.2, -0.15) is 14.4 Å². The van der Waals surface area contributed by atoms with Crippen LogP contribution in [-0.2, 0) is 21.1 Å². The van der Waals surface area contributed by atoms with Crippen molar-refractivity contribution in [1.82, 2.24) is 19.7 Å². The van der Waals surface area contributed by atoms with E-state index < -0.39 is 22.5 Å². The van der Waals surface area contributed by atoms with Gasteiger partial charge in [0.2, 0.25) is 10.4 Å². The van der Waals surface area contributed by atoms with E-state index in [9.17, 15) is 17.8 Å². The number of aliphatic hydroxyl groups excluding tert-OH is 1. The fourth-order valence-electron chi connectivity index (χ4n) is 2.60. The molecule has 2 amide bonds. The maximum Gasteiger partial charge on any atom is 1.00 e. The first-order chi connectivity index (χ1) is 10.4. The molecule has 1 atom stereocenters. The number of fused-ring (bicyclic) bond motifs is 2. The van der Waals surface area contributed by atoms with E-state index in [-0.39, 0.29) is 49.3 Å². The Bertz CT molecular complexity index is 733. The Hall–Kier alpha value is -0.950. The molecule has 120 valence electrons. The maximum atomic E-state index is 12.0. The number of rotatable bonds is 5. The molecule has 0 radical (unpaired) electrons. The first-order valence-electron chi connectivity index (χ1n) is 6.47. The predicted molar refractivity (Wildman–Crippen MR) is 70.7 cm³/mol. The minimum Gasteiger partial charge on any atom is -0.724 e. The molecule has 0 aliphatic carbocycles. The second kappa shape index (κ2) is 6.89. The first kappa shape index (κ1) is 18.4. The van der Waals surface area contributed by atoms with Crippen molar-refractivity contribution < 1.29 is 56.7 Å². The van der Waals surface area contributed by atoms with E-state index in [0.29, 0.717) is 17.2 Å². The number of carbonyl (C=O) groups excluding carboxylic acids is 1. The number of urea groups is 1. The summed E-state index contributed by atoms with van der Waals surface area (Å²) in [6, 6.07) is 0.360. The Kier molecular flexibility index (Phi) is 5.51. The molecule has 0 saturated carbocycles. The van der Waals surface area contributed by atoms with Crippen molar-refractivity contribution in [2.75, 3.05) is 19.7 Å². The van der Waals surface area contributed by atoms with Crippen LogP contribution in [0.4, 0.5) is 4.79 Å². The third kappa shape index (κ3) is 3.76. The van der Waals surface area contributed by atoms with Gasteiger partial charge in [0.05, 0.1) is 12.2 Å². The van der Waals surface area contributed by atoms with E-state index in [4.69, 9.17) is 5.11 Å². The van der Waals surface area contributed by atoms with Crippen LogP contribution in [0, 0.1) is 0 Å². The molecule has 1 aromatic rings. The standard InChI is InChI=1S/C11H14N4O6S.Na/c16-4-2-8-1-3-12-14(8)9-5-10-7-13(6-9)11(17)15(10)21-22(18,19)20;/h1,3,5,10,16H,2,4,6-7H2,(H,18,19,20);/q;+1/p-1. The average molecular weight is 352 g/mol. The number of nitrogens with zero attached hydrogens (tertiary/aromatic N) is 4. The smallest absolute Gasteiger partial charge is 0.724 e. The van der Waals surface area contributed by atoms with E-state index >= 15 is 0 Å². The summed E-state index contributed by atoms with van der Waals surface area (Å²) in [4.78, 5) is 13.4. The van der Waals surface area contributed by atoms with Crippen LogP contribution in [-0.4, -0.2) is 69.6 Å².